The number of nitrogens with zero attached hydrogens (tertiary/aromatic N) is 2. The van der Waals surface area contributed by atoms with Gasteiger partial charge in [0.2, 0.25) is 0 Å². The molecule has 1 saturated carbocycles. The van der Waals surface area contributed by atoms with E-state index in [0.29, 0.717) is 17.1 Å². The quantitative estimate of drug-likeness (QED) is 0.864. The zero-order chi connectivity index (χ0) is 14.5. The summed E-state index contributed by atoms with van der Waals surface area (Å²) in [5.74, 6) is 0.223. The van der Waals surface area contributed by atoms with Crippen LogP contribution in [-0.4, -0.2) is 27.8 Å². The number of nitrogens with one attached hydrogen (secondary N) is 1. The van der Waals surface area contributed by atoms with E-state index >= 15 is 0 Å². The Morgan fingerprint density at radius 1 is 1.25 bits per heavy atom. The average Bonchev–Trinajstić information content (AvgIpc) is 2.43. The van der Waals surface area contributed by atoms with E-state index in [4.69, 9.17) is 0 Å². The van der Waals surface area contributed by atoms with Crippen molar-refractivity contribution in [2.24, 2.45) is 5.92 Å². The van der Waals surface area contributed by atoms with Gasteiger partial charge in [0, 0.05) is 6.54 Å². The summed E-state index contributed by atoms with van der Waals surface area (Å²) in [6, 6.07) is 0. The standard InChI is InChI=1S/C15H23N3O2/c1-10-11(2)17-18-14(13(10)15(19)20)16-9-8-12-6-4-3-5-7-12/h12H,3-9H2,1-2H3,(H,16,18)(H,19,20). The highest BCUT2D eigenvalue weighted by Gasteiger charge is 2.18. The van der Waals surface area contributed by atoms with Gasteiger partial charge in [-0.3, -0.25) is 0 Å². The maximum absolute atomic E-state index is 11.4. The number of hydrogen-bond donors (Lipinski definition) is 2. The molecule has 110 valence electrons. The number of aryl methyl sites for hydroxylation is 1. The summed E-state index contributed by atoms with van der Waals surface area (Å²) >= 11 is 0. The van der Waals surface area contributed by atoms with Crippen molar-refractivity contribution in [3.63, 3.8) is 0 Å². The molecule has 0 unspecified atom stereocenters. The first kappa shape index (κ1) is 14.8. The first-order valence-corrected chi connectivity index (χ1v) is 7.40. The van der Waals surface area contributed by atoms with Gasteiger partial charge < -0.3 is 10.4 Å². The number of carboxylic acid groups (broad SMARTS) is 1. The van der Waals surface area contributed by atoms with Crippen LogP contribution in [0.1, 0.15) is 60.1 Å². The normalized spacial score (nSPS) is 16.1. The molecule has 1 aliphatic rings. The van der Waals surface area contributed by atoms with Crippen LogP contribution in [-0.2, 0) is 0 Å². The van der Waals surface area contributed by atoms with Gasteiger partial charge in [-0.05, 0) is 31.7 Å². The molecule has 5 nitrogen and oxygen atoms in total. The largest absolute Gasteiger partial charge is 0.478 e. The third-order valence-electron chi connectivity index (χ3n) is 4.24. The van der Waals surface area contributed by atoms with E-state index in [1.807, 2.05) is 0 Å². The monoisotopic (exact) mass is 277 g/mol. The minimum atomic E-state index is -0.944. The van der Waals surface area contributed by atoms with E-state index in [9.17, 15) is 9.90 Å². The van der Waals surface area contributed by atoms with Gasteiger partial charge >= 0.3 is 5.97 Å². The van der Waals surface area contributed by atoms with Gasteiger partial charge in [-0.25, -0.2) is 4.79 Å². The fraction of sp³-hybridized carbons (Fsp3) is 0.667. The smallest absolute Gasteiger partial charge is 0.339 e. The summed E-state index contributed by atoms with van der Waals surface area (Å²) in [6.07, 6.45) is 7.69. The minimum absolute atomic E-state index is 0.251. The molecule has 1 heterocycles. The predicted octanol–water partition coefficient (Wildman–Crippen LogP) is 3.17. The molecule has 5 heteroatoms. The third kappa shape index (κ3) is 3.46. The molecule has 1 aliphatic carbocycles. The Kier molecular flexibility index (Phi) is 4.93. The number of anilines is 1. The van der Waals surface area contributed by atoms with Gasteiger partial charge in [-0.15, -0.1) is 5.10 Å². The lowest BCUT2D eigenvalue weighted by molar-refractivity contribution is 0.0696. The maximum Gasteiger partial charge on any atom is 0.339 e. The van der Waals surface area contributed by atoms with Crippen molar-refractivity contribution >= 4 is 11.8 Å². The van der Waals surface area contributed by atoms with Gasteiger partial charge in [0.25, 0.3) is 0 Å². The molecule has 1 fully saturated rings. The van der Waals surface area contributed by atoms with E-state index in [1.165, 1.54) is 32.1 Å². The maximum atomic E-state index is 11.4. The molecule has 0 saturated heterocycles. The lowest BCUT2D eigenvalue weighted by Gasteiger charge is -2.21. The number of aromatic nitrogens is 2. The first-order chi connectivity index (χ1) is 9.59. The molecule has 0 amide bonds. The summed E-state index contributed by atoms with van der Waals surface area (Å²) in [6.45, 7) is 4.32. The molecule has 2 N–H and O–H groups in total. The van der Waals surface area contributed by atoms with Crippen LogP contribution in [0, 0.1) is 19.8 Å². The van der Waals surface area contributed by atoms with Crippen LogP contribution < -0.4 is 5.32 Å². The summed E-state index contributed by atoms with van der Waals surface area (Å²) in [5.41, 5.74) is 1.61. The Morgan fingerprint density at radius 2 is 1.95 bits per heavy atom. The second kappa shape index (κ2) is 6.68. The molecule has 20 heavy (non-hydrogen) atoms. The molecule has 0 spiro atoms. The van der Waals surface area contributed by atoms with Gasteiger partial charge in [-0.1, -0.05) is 32.1 Å². The Hall–Kier alpha value is -1.65. The lowest BCUT2D eigenvalue weighted by atomic mass is 9.87. The van der Waals surface area contributed by atoms with E-state index < -0.39 is 5.97 Å². The van der Waals surface area contributed by atoms with Crippen LogP contribution >= 0.6 is 0 Å². The van der Waals surface area contributed by atoms with E-state index in [2.05, 4.69) is 15.5 Å². The zero-order valence-electron chi connectivity index (χ0n) is 12.3. The molecule has 1 aromatic heterocycles. The molecule has 0 aliphatic heterocycles. The SMILES string of the molecule is Cc1nnc(NCCC2CCCCC2)c(C(=O)O)c1C. The number of hydrogen-bond acceptors (Lipinski definition) is 4. The Morgan fingerprint density at radius 3 is 2.60 bits per heavy atom. The number of rotatable bonds is 5. The van der Waals surface area contributed by atoms with Crippen molar-refractivity contribution in [3.8, 4) is 0 Å². The minimum Gasteiger partial charge on any atom is -0.478 e. The highest BCUT2D eigenvalue weighted by atomic mass is 16.4. The van der Waals surface area contributed by atoms with Gasteiger partial charge in [-0.2, -0.15) is 5.10 Å². The molecule has 0 bridgehead atoms. The summed E-state index contributed by atoms with van der Waals surface area (Å²) in [7, 11) is 0. The number of carboxylic acids is 1. The molecular weight excluding hydrogens is 254 g/mol. The van der Waals surface area contributed by atoms with E-state index in [1.54, 1.807) is 13.8 Å². The third-order valence-corrected chi connectivity index (χ3v) is 4.24. The fourth-order valence-corrected chi connectivity index (χ4v) is 2.86. The average molecular weight is 277 g/mol. The number of aromatic carboxylic acids is 1. The highest BCUT2D eigenvalue weighted by molar-refractivity contribution is 5.94. The summed E-state index contributed by atoms with van der Waals surface area (Å²) in [5, 5.41) is 20.5. The summed E-state index contributed by atoms with van der Waals surface area (Å²) in [4.78, 5) is 11.4. The fourth-order valence-electron chi connectivity index (χ4n) is 2.86. The van der Waals surface area contributed by atoms with Gasteiger partial charge in [0.1, 0.15) is 5.56 Å². The van der Waals surface area contributed by atoms with Gasteiger partial charge in [0.15, 0.2) is 5.82 Å². The van der Waals surface area contributed by atoms with Crippen molar-refractivity contribution in [3.05, 3.63) is 16.8 Å². The molecule has 0 radical (unpaired) electrons. The second-order valence-corrected chi connectivity index (χ2v) is 5.66. The Labute approximate surface area is 119 Å². The van der Waals surface area contributed by atoms with Crippen LogP contribution in [0.5, 0.6) is 0 Å². The second-order valence-electron chi connectivity index (χ2n) is 5.66. The van der Waals surface area contributed by atoms with Crippen molar-refractivity contribution in [2.75, 3.05) is 11.9 Å². The Balaban J connectivity index is 1.98. The van der Waals surface area contributed by atoms with Crippen LogP contribution in [0.3, 0.4) is 0 Å². The van der Waals surface area contributed by atoms with Crippen LogP contribution in [0.4, 0.5) is 5.82 Å². The first-order valence-electron chi connectivity index (χ1n) is 7.40. The van der Waals surface area contributed by atoms with Crippen molar-refractivity contribution < 1.29 is 9.90 Å². The van der Waals surface area contributed by atoms with E-state index in [-0.39, 0.29) is 5.56 Å². The van der Waals surface area contributed by atoms with Crippen molar-refractivity contribution in [1.29, 1.82) is 0 Å². The molecule has 0 aromatic carbocycles. The van der Waals surface area contributed by atoms with Crippen LogP contribution in [0.15, 0.2) is 0 Å². The van der Waals surface area contributed by atoms with E-state index in [0.717, 1.165) is 18.9 Å². The zero-order valence-corrected chi connectivity index (χ0v) is 12.3. The Bertz CT molecular complexity index is 482. The number of carbonyl (C=O) groups is 1. The predicted molar refractivity (Wildman–Crippen MR) is 78.1 cm³/mol. The highest BCUT2D eigenvalue weighted by Crippen LogP contribution is 2.26. The van der Waals surface area contributed by atoms with Gasteiger partial charge in [0.05, 0.1) is 5.69 Å². The topological polar surface area (TPSA) is 75.1 Å². The molecule has 1 aromatic rings. The molecule has 2 rings (SSSR count). The molecule has 0 atom stereocenters. The lowest BCUT2D eigenvalue weighted by Crippen LogP contribution is -2.16. The van der Waals surface area contributed by atoms with Crippen LogP contribution in [0.2, 0.25) is 0 Å². The van der Waals surface area contributed by atoms with Crippen LogP contribution in [0.25, 0.3) is 0 Å². The van der Waals surface area contributed by atoms with Crippen molar-refractivity contribution in [1.82, 2.24) is 10.2 Å². The van der Waals surface area contributed by atoms with Crippen molar-refractivity contribution in [2.45, 2.75) is 52.4 Å². The summed E-state index contributed by atoms with van der Waals surface area (Å²) < 4.78 is 0. The molecular formula is C15H23N3O2.